The van der Waals surface area contributed by atoms with Crippen molar-refractivity contribution in [1.82, 2.24) is 0 Å². The maximum atomic E-state index is 11.0. The van der Waals surface area contributed by atoms with E-state index >= 15 is 0 Å². The van der Waals surface area contributed by atoms with Gasteiger partial charge in [0, 0.05) is 5.92 Å². The van der Waals surface area contributed by atoms with Gasteiger partial charge in [-0.15, -0.1) is 0 Å². The molecule has 0 aromatic heterocycles. The van der Waals surface area contributed by atoms with Gasteiger partial charge >= 0.3 is 0 Å². The van der Waals surface area contributed by atoms with Crippen LogP contribution in [-0.2, 0) is 23.7 Å². The van der Waals surface area contributed by atoms with Crippen molar-refractivity contribution in [2.75, 3.05) is 46.2 Å². The average molecular weight is 411 g/mol. The van der Waals surface area contributed by atoms with Crippen LogP contribution in [0.4, 0.5) is 0 Å². The minimum absolute atomic E-state index is 0.00833. The lowest BCUT2D eigenvalue weighted by Gasteiger charge is -2.46. The summed E-state index contributed by atoms with van der Waals surface area (Å²) in [6, 6.07) is 0. The zero-order valence-corrected chi connectivity index (χ0v) is 17.4. The summed E-state index contributed by atoms with van der Waals surface area (Å²) in [5, 5.41) is 38.0. The second-order valence-corrected chi connectivity index (χ2v) is 7.58. The summed E-state index contributed by atoms with van der Waals surface area (Å²) in [5.74, 6) is -0.118. The predicted molar refractivity (Wildman–Crippen MR) is 101 cm³/mol. The molecule has 0 aromatic rings. The van der Waals surface area contributed by atoms with Crippen LogP contribution in [0.25, 0.3) is 0 Å². The quantitative estimate of drug-likeness (QED) is 0.281. The Morgan fingerprint density at radius 1 is 1.00 bits per heavy atom. The second kappa shape index (κ2) is 13.8. The summed E-state index contributed by atoms with van der Waals surface area (Å²) in [4.78, 5) is 0. The zero-order valence-electron chi connectivity index (χ0n) is 17.4. The van der Waals surface area contributed by atoms with Crippen molar-refractivity contribution >= 4 is 0 Å². The lowest BCUT2D eigenvalue weighted by molar-refractivity contribution is -0.314. The molecule has 1 saturated heterocycles. The van der Waals surface area contributed by atoms with E-state index in [0.717, 1.165) is 0 Å². The van der Waals surface area contributed by atoms with Crippen molar-refractivity contribution < 1.29 is 44.1 Å². The molecule has 0 bridgehead atoms. The molecule has 9 heteroatoms. The van der Waals surface area contributed by atoms with Crippen LogP contribution >= 0.6 is 0 Å². The summed E-state index contributed by atoms with van der Waals surface area (Å²) in [6.45, 7) is 8.13. The fourth-order valence-corrected chi connectivity index (χ4v) is 3.25. The van der Waals surface area contributed by atoms with E-state index in [2.05, 4.69) is 0 Å². The molecule has 0 aliphatic carbocycles. The number of ether oxygens (including phenoxy) is 5. The first-order valence-electron chi connectivity index (χ1n) is 9.97. The lowest BCUT2D eigenvalue weighted by Crippen LogP contribution is -2.59. The Hall–Kier alpha value is -0.360. The fourth-order valence-electron chi connectivity index (χ4n) is 3.25. The summed E-state index contributed by atoms with van der Waals surface area (Å²) >= 11 is 0. The Balaban J connectivity index is 2.72. The normalized spacial score (nSPS) is 29.6. The molecule has 1 fully saturated rings. The van der Waals surface area contributed by atoms with Gasteiger partial charge in [-0.05, 0) is 19.8 Å². The standard InChI is InChI=1S/C19H38O9/c1-12(2)16-15(11-24-6-5-20)28-19(27-13(3)4)18(17(16)23)26-8-7-25-10-14(22)9-21/h12-23H,5-11H2,1-4H3. The van der Waals surface area contributed by atoms with Crippen LogP contribution in [0.15, 0.2) is 0 Å². The highest BCUT2D eigenvalue weighted by Gasteiger charge is 2.47. The molecule has 1 aliphatic heterocycles. The maximum Gasteiger partial charge on any atom is 0.186 e. The van der Waals surface area contributed by atoms with Crippen LogP contribution in [-0.4, -0.2) is 103 Å². The van der Waals surface area contributed by atoms with Gasteiger partial charge in [-0.1, -0.05) is 13.8 Å². The van der Waals surface area contributed by atoms with Crippen LogP contribution in [0.1, 0.15) is 27.7 Å². The lowest BCUT2D eigenvalue weighted by atomic mass is 9.81. The van der Waals surface area contributed by atoms with Crippen molar-refractivity contribution in [3.05, 3.63) is 0 Å². The Bertz CT molecular complexity index is 392. The minimum atomic E-state index is -0.925. The van der Waals surface area contributed by atoms with E-state index in [9.17, 15) is 10.2 Å². The number of rotatable bonds is 14. The Morgan fingerprint density at radius 3 is 2.29 bits per heavy atom. The summed E-state index contributed by atoms with van der Waals surface area (Å²) < 4.78 is 28.4. The number of aliphatic hydroxyl groups is 4. The average Bonchev–Trinajstić information content (AvgIpc) is 2.62. The van der Waals surface area contributed by atoms with E-state index in [-0.39, 0.29) is 70.3 Å². The Morgan fingerprint density at radius 2 is 1.71 bits per heavy atom. The third kappa shape index (κ3) is 8.56. The number of hydrogen-bond acceptors (Lipinski definition) is 9. The highest BCUT2D eigenvalue weighted by Crippen LogP contribution is 2.34. The molecule has 168 valence electrons. The SMILES string of the molecule is CC(C)OC1OC(COCCO)C(C(C)C)C(O)C1OCCOCC(O)CO. The molecule has 0 spiro atoms. The van der Waals surface area contributed by atoms with Crippen molar-refractivity contribution in [2.24, 2.45) is 11.8 Å². The molecule has 0 amide bonds. The summed E-state index contributed by atoms with van der Waals surface area (Å²) in [7, 11) is 0. The van der Waals surface area contributed by atoms with E-state index in [1.807, 2.05) is 27.7 Å². The third-order valence-corrected chi connectivity index (χ3v) is 4.49. The van der Waals surface area contributed by atoms with E-state index in [1.165, 1.54) is 0 Å². The number of aliphatic hydroxyl groups excluding tert-OH is 4. The van der Waals surface area contributed by atoms with Gasteiger partial charge in [0.2, 0.25) is 0 Å². The minimum Gasteiger partial charge on any atom is -0.394 e. The molecule has 4 N–H and O–H groups in total. The van der Waals surface area contributed by atoms with Crippen LogP contribution in [0.2, 0.25) is 0 Å². The molecule has 28 heavy (non-hydrogen) atoms. The number of hydrogen-bond donors (Lipinski definition) is 4. The molecular weight excluding hydrogens is 372 g/mol. The highest BCUT2D eigenvalue weighted by molar-refractivity contribution is 4.92. The first-order valence-corrected chi connectivity index (χ1v) is 9.97. The predicted octanol–water partition coefficient (Wildman–Crippen LogP) is -0.467. The van der Waals surface area contributed by atoms with Gasteiger partial charge < -0.3 is 44.1 Å². The van der Waals surface area contributed by atoms with Gasteiger partial charge in [0.05, 0.1) is 64.6 Å². The van der Waals surface area contributed by atoms with Gasteiger partial charge in [0.15, 0.2) is 6.29 Å². The van der Waals surface area contributed by atoms with Crippen molar-refractivity contribution in [1.29, 1.82) is 0 Å². The fraction of sp³-hybridized carbons (Fsp3) is 1.00. The van der Waals surface area contributed by atoms with Crippen molar-refractivity contribution in [3.63, 3.8) is 0 Å². The van der Waals surface area contributed by atoms with Crippen LogP contribution in [0.3, 0.4) is 0 Å². The van der Waals surface area contributed by atoms with Gasteiger partial charge in [0.25, 0.3) is 0 Å². The van der Waals surface area contributed by atoms with Crippen LogP contribution in [0.5, 0.6) is 0 Å². The van der Waals surface area contributed by atoms with E-state index in [0.29, 0.717) is 0 Å². The first kappa shape index (κ1) is 25.7. The molecule has 9 nitrogen and oxygen atoms in total. The van der Waals surface area contributed by atoms with E-state index in [4.69, 9.17) is 33.9 Å². The maximum absolute atomic E-state index is 11.0. The van der Waals surface area contributed by atoms with Crippen LogP contribution < -0.4 is 0 Å². The van der Waals surface area contributed by atoms with Crippen LogP contribution in [0, 0.1) is 11.8 Å². The monoisotopic (exact) mass is 410 g/mol. The topological polar surface area (TPSA) is 127 Å². The summed E-state index contributed by atoms with van der Waals surface area (Å²) in [5.41, 5.74) is 0. The van der Waals surface area contributed by atoms with Gasteiger partial charge in [-0.3, -0.25) is 0 Å². The molecule has 1 heterocycles. The van der Waals surface area contributed by atoms with Gasteiger partial charge in [0.1, 0.15) is 12.2 Å². The molecule has 6 unspecified atom stereocenters. The smallest absolute Gasteiger partial charge is 0.186 e. The molecular formula is C19H38O9. The first-order chi connectivity index (χ1) is 13.3. The zero-order chi connectivity index (χ0) is 21.1. The molecule has 0 radical (unpaired) electrons. The van der Waals surface area contributed by atoms with Crippen molar-refractivity contribution in [3.8, 4) is 0 Å². The largest absolute Gasteiger partial charge is 0.394 e. The van der Waals surface area contributed by atoms with Gasteiger partial charge in [-0.2, -0.15) is 0 Å². The highest BCUT2D eigenvalue weighted by atomic mass is 16.7. The van der Waals surface area contributed by atoms with Gasteiger partial charge in [-0.25, -0.2) is 0 Å². The molecule has 0 saturated carbocycles. The second-order valence-electron chi connectivity index (χ2n) is 7.58. The molecule has 0 aromatic carbocycles. The van der Waals surface area contributed by atoms with E-state index < -0.39 is 24.6 Å². The molecule has 1 aliphatic rings. The van der Waals surface area contributed by atoms with E-state index in [1.54, 1.807) is 0 Å². The third-order valence-electron chi connectivity index (χ3n) is 4.49. The Kier molecular flexibility index (Phi) is 12.6. The Labute approximate surface area is 167 Å². The van der Waals surface area contributed by atoms with Crippen molar-refractivity contribution in [2.45, 2.75) is 64.5 Å². The molecule has 1 rings (SSSR count). The summed E-state index contributed by atoms with van der Waals surface area (Å²) in [6.07, 6.45) is -3.74. The molecule has 6 atom stereocenters.